The Morgan fingerprint density at radius 2 is 1.79 bits per heavy atom. The molecule has 2 unspecified atom stereocenters. The van der Waals surface area contributed by atoms with Crippen LogP contribution in [0.3, 0.4) is 0 Å². The Balaban J connectivity index is 0.00000221. The highest BCUT2D eigenvalue weighted by molar-refractivity contribution is 7.30. The number of hydrogen-bond donors (Lipinski definition) is 1. The molecule has 0 saturated carbocycles. The van der Waals surface area contributed by atoms with Crippen LogP contribution in [0.25, 0.3) is 0 Å². The van der Waals surface area contributed by atoms with E-state index in [2.05, 4.69) is 36.2 Å². The molecular formula is C34H50N5O3P. The van der Waals surface area contributed by atoms with Gasteiger partial charge in [0.1, 0.15) is 12.5 Å². The Morgan fingerprint density at radius 1 is 1.14 bits per heavy atom. The molecule has 1 saturated heterocycles. The lowest BCUT2D eigenvalue weighted by atomic mass is 9.98. The molecule has 2 aliphatic rings. The van der Waals surface area contributed by atoms with E-state index in [0.29, 0.717) is 32.2 Å². The molecule has 3 rings (SSSR count). The first kappa shape index (κ1) is 37.6. The highest BCUT2D eigenvalue weighted by atomic mass is 31.1. The van der Waals surface area contributed by atoms with Gasteiger partial charge in [0.15, 0.2) is 0 Å². The predicted molar refractivity (Wildman–Crippen MR) is 183 cm³/mol. The summed E-state index contributed by atoms with van der Waals surface area (Å²) in [5, 5.41) is 3.81. The smallest absolute Gasteiger partial charge is 0.241 e. The van der Waals surface area contributed by atoms with Crippen molar-refractivity contribution in [3.8, 4) is 0 Å². The van der Waals surface area contributed by atoms with Gasteiger partial charge in [0, 0.05) is 47.0 Å². The topological polar surface area (TPSA) is 79.7 Å². The van der Waals surface area contributed by atoms with Gasteiger partial charge in [-0.15, -0.1) is 6.58 Å². The maximum Gasteiger partial charge on any atom is 0.241 e. The average Bonchev–Trinajstić information content (AvgIpc) is 3.01. The summed E-state index contributed by atoms with van der Waals surface area (Å²) in [5.41, 5.74) is 4.55. The first-order valence-corrected chi connectivity index (χ1v) is 15.9. The fourth-order valence-corrected chi connectivity index (χ4v) is 5.34. The van der Waals surface area contributed by atoms with E-state index in [1.165, 1.54) is 6.20 Å². The summed E-state index contributed by atoms with van der Waals surface area (Å²) in [6.45, 7) is 25.3. The number of allylic oxidation sites excluding steroid dienone is 4. The minimum Gasteiger partial charge on any atom is -0.377 e. The normalized spacial score (nSPS) is 18.5. The molecule has 1 aromatic rings. The molecule has 234 valence electrons. The number of aldehydes is 1. The Hall–Kier alpha value is -3.42. The fraction of sp³-hybridized carbons (Fsp3) is 0.382. The average molecular weight is 608 g/mol. The number of benzene rings is 1. The molecule has 43 heavy (non-hydrogen) atoms. The van der Waals surface area contributed by atoms with Crippen LogP contribution < -0.4 is 0 Å². The van der Waals surface area contributed by atoms with Crippen molar-refractivity contribution < 1.29 is 14.5 Å². The monoisotopic (exact) mass is 607 g/mol. The molecular weight excluding hydrogens is 557 g/mol. The number of rotatable bonds is 14. The second kappa shape index (κ2) is 20.5. The van der Waals surface area contributed by atoms with E-state index in [1.54, 1.807) is 17.2 Å². The van der Waals surface area contributed by atoms with Crippen LogP contribution in [0.4, 0.5) is 0 Å². The van der Waals surface area contributed by atoms with Crippen molar-refractivity contribution in [2.75, 3.05) is 33.2 Å². The van der Waals surface area contributed by atoms with E-state index < -0.39 is 12.2 Å². The van der Waals surface area contributed by atoms with E-state index in [4.69, 9.17) is 0 Å². The molecule has 8 nitrogen and oxygen atoms in total. The molecule has 0 aromatic heterocycles. The molecule has 1 aliphatic heterocycles. The minimum absolute atomic E-state index is 0.116. The molecule has 1 heterocycles. The molecule has 1 aliphatic carbocycles. The summed E-state index contributed by atoms with van der Waals surface area (Å²) in [6, 6.07) is 7.15. The molecule has 9 heteroatoms. The van der Waals surface area contributed by atoms with Gasteiger partial charge in [-0.3, -0.25) is 19.7 Å². The van der Waals surface area contributed by atoms with Gasteiger partial charge in [0.25, 0.3) is 0 Å². The second-order valence-electron chi connectivity index (χ2n) is 9.47. The maximum absolute atomic E-state index is 13.6. The first-order valence-electron chi connectivity index (χ1n) is 14.8. The number of aliphatic imine (C=N–C) groups is 1. The van der Waals surface area contributed by atoms with Crippen molar-refractivity contribution >= 4 is 26.7 Å². The van der Waals surface area contributed by atoms with E-state index >= 15 is 0 Å². The first-order chi connectivity index (χ1) is 20.9. The number of carbonyl (C=O) groups excluding carboxylic acids is 2. The van der Waals surface area contributed by atoms with Crippen LogP contribution >= 0.6 is 8.81 Å². The van der Waals surface area contributed by atoms with Crippen LogP contribution in [-0.2, 0) is 22.2 Å². The Morgan fingerprint density at radius 3 is 2.35 bits per heavy atom. The lowest BCUT2D eigenvalue weighted by molar-refractivity contribution is -0.174. The third-order valence-electron chi connectivity index (χ3n) is 6.69. The fourth-order valence-electron chi connectivity index (χ4n) is 4.93. The molecule has 0 bridgehead atoms. The van der Waals surface area contributed by atoms with Gasteiger partial charge < -0.3 is 14.6 Å². The van der Waals surface area contributed by atoms with Gasteiger partial charge >= 0.3 is 0 Å². The van der Waals surface area contributed by atoms with Crippen LogP contribution in [0.5, 0.6) is 0 Å². The summed E-state index contributed by atoms with van der Waals surface area (Å²) >= 11 is 0. The standard InChI is InChI=1S/C30H38N5O3P.2C2H6/c1-6-16-33-20-29(37)35(27(21-36)17-24-12-14-25(15-13-24)22-39-38)28(34(33)8-3)19-32(5)18-26-11-9-10-23(4)30(26)31-7-2;2*1-2/h6-15,21,27-28,38-39H,1-4,16-20,22H2,5H3;2*1-2H3/t27-,28?;;/m0../s1. The van der Waals surface area contributed by atoms with Crippen molar-refractivity contribution in [3.05, 3.63) is 110 Å². The number of likely N-dealkylation sites (N-methyl/N-ethyl adjacent to an activating group) is 1. The van der Waals surface area contributed by atoms with Crippen molar-refractivity contribution in [1.29, 1.82) is 0 Å². The van der Waals surface area contributed by atoms with Gasteiger partial charge in [-0.1, -0.05) is 96.0 Å². The molecule has 1 aromatic carbocycles. The SMILES string of the molecule is C=CCN1CC(=O)N([C@H](C=O)Cc2ccc(CPO)cc2)C(CN(C)CC2=CC=CC(=C)C2=NC=C)N1C=C.CC.CC. The van der Waals surface area contributed by atoms with Crippen molar-refractivity contribution in [2.45, 2.75) is 52.5 Å². The van der Waals surface area contributed by atoms with Crippen LogP contribution in [-0.4, -0.2) is 88.1 Å². The zero-order valence-electron chi connectivity index (χ0n) is 26.6. The van der Waals surface area contributed by atoms with Gasteiger partial charge in [-0.25, -0.2) is 5.01 Å². The summed E-state index contributed by atoms with van der Waals surface area (Å²) in [7, 11) is 1.82. The van der Waals surface area contributed by atoms with Crippen molar-refractivity contribution in [1.82, 2.24) is 19.8 Å². The minimum atomic E-state index is -0.663. The number of hydrazine groups is 1. The molecule has 1 fully saturated rings. The number of hydrogen-bond acceptors (Lipinski definition) is 7. The Labute approximate surface area is 261 Å². The van der Waals surface area contributed by atoms with E-state index in [1.807, 2.05) is 87.3 Å². The summed E-state index contributed by atoms with van der Waals surface area (Å²) in [4.78, 5) is 43.4. The van der Waals surface area contributed by atoms with Gasteiger partial charge in [-0.2, -0.15) is 0 Å². The number of carbonyl (C=O) groups is 2. The largest absolute Gasteiger partial charge is 0.377 e. The highest BCUT2D eigenvalue weighted by Gasteiger charge is 2.41. The Bertz CT molecular complexity index is 1170. The third-order valence-corrected chi connectivity index (χ3v) is 7.26. The van der Waals surface area contributed by atoms with Gasteiger partial charge in [0.2, 0.25) is 5.91 Å². The van der Waals surface area contributed by atoms with E-state index in [-0.39, 0.29) is 21.3 Å². The molecule has 0 spiro atoms. The van der Waals surface area contributed by atoms with Crippen LogP contribution in [0.15, 0.2) is 103 Å². The molecule has 1 N–H and O–H groups in total. The van der Waals surface area contributed by atoms with Gasteiger partial charge in [0.05, 0.1) is 18.3 Å². The van der Waals surface area contributed by atoms with E-state index in [0.717, 1.165) is 34.3 Å². The van der Waals surface area contributed by atoms with Crippen molar-refractivity contribution in [2.24, 2.45) is 4.99 Å². The zero-order valence-corrected chi connectivity index (χ0v) is 27.6. The second-order valence-corrected chi connectivity index (χ2v) is 10.1. The third kappa shape index (κ3) is 10.7. The molecule has 1 amide bonds. The lowest BCUT2D eigenvalue weighted by Gasteiger charge is -2.51. The quantitative estimate of drug-likeness (QED) is 0.171. The zero-order chi connectivity index (χ0) is 32.4. The number of nitrogens with zero attached hydrogens (tertiary/aromatic N) is 5. The van der Waals surface area contributed by atoms with Gasteiger partial charge in [-0.05, 0) is 35.7 Å². The van der Waals surface area contributed by atoms with Crippen molar-refractivity contribution in [3.63, 3.8) is 0 Å². The lowest BCUT2D eigenvalue weighted by Crippen LogP contribution is -2.68. The summed E-state index contributed by atoms with van der Waals surface area (Å²) < 4.78 is 0. The molecule has 3 atom stereocenters. The van der Waals surface area contributed by atoms with Crippen LogP contribution in [0.2, 0.25) is 0 Å². The summed E-state index contributed by atoms with van der Waals surface area (Å²) in [5.74, 6) is -0.134. The van der Waals surface area contributed by atoms with Crippen LogP contribution in [0, 0.1) is 0 Å². The highest BCUT2D eigenvalue weighted by Crippen LogP contribution is 2.24. The van der Waals surface area contributed by atoms with E-state index in [9.17, 15) is 14.5 Å². The predicted octanol–water partition coefficient (Wildman–Crippen LogP) is 5.52. The number of amides is 1. The Kier molecular flexibility index (Phi) is 17.9. The molecule has 0 radical (unpaired) electrons. The maximum atomic E-state index is 13.6. The summed E-state index contributed by atoms with van der Waals surface area (Å²) in [6.07, 6.45) is 12.2. The van der Waals surface area contributed by atoms with Crippen LogP contribution in [0.1, 0.15) is 38.8 Å².